The third-order valence-corrected chi connectivity index (χ3v) is 3.53. The Morgan fingerprint density at radius 2 is 2.00 bits per heavy atom. The van der Waals surface area contributed by atoms with E-state index < -0.39 is 4.92 Å². The largest absolute Gasteiger partial charge is 0.312 e. The molecular weight excluding hydrogens is 288 g/mol. The first kappa shape index (κ1) is 15.5. The van der Waals surface area contributed by atoms with Crippen LogP contribution in [0.5, 0.6) is 0 Å². The van der Waals surface area contributed by atoms with Gasteiger partial charge < -0.3 is 5.32 Å². The Kier molecular flexibility index (Phi) is 5.31. The fourth-order valence-electron chi connectivity index (χ4n) is 2.14. The molecule has 110 valence electrons. The number of nitrogens with one attached hydrogen (secondary N) is 1. The van der Waals surface area contributed by atoms with E-state index in [-0.39, 0.29) is 10.7 Å². The molecule has 0 atom stereocenters. The lowest BCUT2D eigenvalue weighted by molar-refractivity contribution is -0.384. The molecule has 0 aliphatic heterocycles. The molecule has 0 aliphatic carbocycles. The summed E-state index contributed by atoms with van der Waals surface area (Å²) in [4.78, 5) is 10.4. The van der Waals surface area contributed by atoms with Crippen LogP contribution in [0.25, 0.3) is 0 Å². The highest BCUT2D eigenvalue weighted by Gasteiger charge is 2.12. The van der Waals surface area contributed by atoms with Gasteiger partial charge in [-0.15, -0.1) is 0 Å². The molecule has 21 heavy (non-hydrogen) atoms. The molecule has 0 spiro atoms. The summed E-state index contributed by atoms with van der Waals surface area (Å²) in [5, 5.41) is 14.3. The van der Waals surface area contributed by atoms with Gasteiger partial charge in [-0.25, -0.2) is 0 Å². The molecule has 0 aromatic heterocycles. The topological polar surface area (TPSA) is 55.2 Å². The van der Waals surface area contributed by atoms with Crippen LogP contribution in [0.4, 0.5) is 5.69 Å². The smallest absolute Gasteiger partial charge is 0.288 e. The van der Waals surface area contributed by atoms with Gasteiger partial charge in [-0.1, -0.05) is 47.5 Å². The second-order valence-electron chi connectivity index (χ2n) is 4.96. The first-order valence-electron chi connectivity index (χ1n) is 6.75. The minimum absolute atomic E-state index is 0.0466. The van der Waals surface area contributed by atoms with Crippen molar-refractivity contribution in [1.82, 2.24) is 5.32 Å². The summed E-state index contributed by atoms with van der Waals surface area (Å²) in [6.07, 6.45) is 0.928. The first-order chi connectivity index (χ1) is 10.1. The zero-order chi connectivity index (χ0) is 15.2. The number of nitro groups is 1. The van der Waals surface area contributed by atoms with Crippen LogP contribution in [-0.2, 0) is 13.0 Å². The van der Waals surface area contributed by atoms with Crippen LogP contribution in [0.1, 0.15) is 16.7 Å². The summed E-state index contributed by atoms with van der Waals surface area (Å²) >= 11 is 5.79. The Bertz CT molecular complexity index is 644. The Morgan fingerprint density at radius 3 is 2.71 bits per heavy atom. The second-order valence-corrected chi connectivity index (χ2v) is 5.37. The van der Waals surface area contributed by atoms with Crippen LogP contribution in [0, 0.1) is 17.0 Å². The maximum atomic E-state index is 10.8. The van der Waals surface area contributed by atoms with Crippen molar-refractivity contribution in [2.75, 3.05) is 6.54 Å². The fraction of sp³-hybridized carbons (Fsp3) is 0.250. The number of nitro benzene ring substituents is 1. The van der Waals surface area contributed by atoms with Gasteiger partial charge in [0.25, 0.3) is 5.69 Å². The Labute approximate surface area is 128 Å². The van der Waals surface area contributed by atoms with E-state index >= 15 is 0 Å². The third kappa shape index (κ3) is 4.55. The summed E-state index contributed by atoms with van der Waals surface area (Å²) in [5.74, 6) is 0. The highest BCUT2D eigenvalue weighted by molar-refractivity contribution is 6.32. The molecule has 0 unspecified atom stereocenters. The molecule has 2 aromatic rings. The van der Waals surface area contributed by atoms with E-state index in [1.165, 1.54) is 17.2 Å². The summed E-state index contributed by atoms with van der Waals surface area (Å²) in [5.41, 5.74) is 3.34. The molecule has 0 radical (unpaired) electrons. The lowest BCUT2D eigenvalue weighted by Crippen LogP contribution is -2.16. The van der Waals surface area contributed by atoms with Crippen LogP contribution >= 0.6 is 11.6 Å². The van der Waals surface area contributed by atoms with E-state index in [0.29, 0.717) is 6.54 Å². The molecule has 0 saturated heterocycles. The summed E-state index contributed by atoms with van der Waals surface area (Å²) in [6, 6.07) is 13.3. The molecule has 0 bridgehead atoms. The summed E-state index contributed by atoms with van der Waals surface area (Å²) < 4.78 is 0. The van der Waals surface area contributed by atoms with Gasteiger partial charge in [0.1, 0.15) is 5.02 Å². The number of aryl methyl sites for hydroxylation is 1. The SMILES string of the molecule is Cc1cccc(CCNCc2ccc(Cl)c([N+](=O)[O-])c2)c1. The standard InChI is InChI=1S/C16H17ClN2O2/c1-12-3-2-4-13(9-12)7-8-18-11-14-5-6-15(17)16(10-14)19(20)21/h2-6,9-10,18H,7-8,11H2,1H3. The average Bonchev–Trinajstić information content (AvgIpc) is 2.45. The van der Waals surface area contributed by atoms with Crippen molar-refractivity contribution in [3.05, 3.63) is 74.3 Å². The maximum absolute atomic E-state index is 10.8. The van der Waals surface area contributed by atoms with Crippen LogP contribution in [0.15, 0.2) is 42.5 Å². The van der Waals surface area contributed by atoms with Crippen LogP contribution in [-0.4, -0.2) is 11.5 Å². The maximum Gasteiger partial charge on any atom is 0.288 e. The molecule has 1 N–H and O–H groups in total. The van der Waals surface area contributed by atoms with Crippen molar-refractivity contribution in [1.29, 1.82) is 0 Å². The highest BCUT2D eigenvalue weighted by atomic mass is 35.5. The van der Waals surface area contributed by atoms with Gasteiger partial charge in [-0.05, 0) is 37.1 Å². The van der Waals surface area contributed by atoms with Gasteiger partial charge in [0.05, 0.1) is 4.92 Å². The van der Waals surface area contributed by atoms with E-state index in [1.54, 1.807) is 12.1 Å². The average molecular weight is 305 g/mol. The summed E-state index contributed by atoms with van der Waals surface area (Å²) in [6.45, 7) is 3.48. The van der Waals surface area contributed by atoms with Gasteiger partial charge >= 0.3 is 0 Å². The van der Waals surface area contributed by atoms with Gasteiger partial charge in [0, 0.05) is 12.6 Å². The normalized spacial score (nSPS) is 10.6. The number of hydrogen-bond acceptors (Lipinski definition) is 3. The van der Waals surface area contributed by atoms with Crippen molar-refractivity contribution in [3.63, 3.8) is 0 Å². The van der Waals surface area contributed by atoms with Crippen molar-refractivity contribution in [3.8, 4) is 0 Å². The molecule has 5 heteroatoms. The van der Waals surface area contributed by atoms with E-state index in [0.717, 1.165) is 18.5 Å². The predicted octanol–water partition coefficient (Wildman–Crippen LogP) is 3.89. The van der Waals surface area contributed by atoms with E-state index in [1.807, 2.05) is 6.07 Å². The van der Waals surface area contributed by atoms with Crippen LogP contribution in [0.3, 0.4) is 0 Å². The predicted molar refractivity (Wildman–Crippen MR) is 84.7 cm³/mol. The van der Waals surface area contributed by atoms with E-state index in [2.05, 4.69) is 30.4 Å². The lowest BCUT2D eigenvalue weighted by atomic mass is 10.1. The third-order valence-electron chi connectivity index (χ3n) is 3.21. The molecule has 0 amide bonds. The zero-order valence-electron chi connectivity index (χ0n) is 11.8. The van der Waals surface area contributed by atoms with Crippen molar-refractivity contribution in [2.45, 2.75) is 19.9 Å². The number of benzene rings is 2. The number of halogens is 1. The van der Waals surface area contributed by atoms with Gasteiger partial charge in [0.2, 0.25) is 0 Å². The Hall–Kier alpha value is -1.91. The molecule has 2 aromatic carbocycles. The molecule has 2 rings (SSSR count). The molecule has 0 saturated carbocycles. The van der Waals surface area contributed by atoms with Crippen molar-refractivity contribution < 1.29 is 4.92 Å². The van der Waals surface area contributed by atoms with E-state index in [4.69, 9.17) is 11.6 Å². The molecule has 0 heterocycles. The molecule has 4 nitrogen and oxygen atoms in total. The van der Waals surface area contributed by atoms with Gasteiger partial charge in [-0.2, -0.15) is 0 Å². The fourth-order valence-corrected chi connectivity index (χ4v) is 2.33. The summed E-state index contributed by atoms with van der Waals surface area (Å²) in [7, 11) is 0. The minimum Gasteiger partial charge on any atom is -0.312 e. The zero-order valence-corrected chi connectivity index (χ0v) is 12.6. The van der Waals surface area contributed by atoms with Crippen molar-refractivity contribution in [2.24, 2.45) is 0 Å². The van der Waals surface area contributed by atoms with Crippen LogP contribution < -0.4 is 5.32 Å². The lowest BCUT2D eigenvalue weighted by Gasteiger charge is -2.06. The molecule has 0 fully saturated rings. The Balaban J connectivity index is 1.86. The van der Waals surface area contributed by atoms with Gasteiger partial charge in [-0.3, -0.25) is 10.1 Å². The van der Waals surface area contributed by atoms with Gasteiger partial charge in [0.15, 0.2) is 0 Å². The minimum atomic E-state index is -0.460. The quantitative estimate of drug-likeness (QED) is 0.500. The molecular formula is C16H17ClN2O2. The highest BCUT2D eigenvalue weighted by Crippen LogP contribution is 2.24. The monoisotopic (exact) mass is 304 g/mol. The van der Waals surface area contributed by atoms with E-state index in [9.17, 15) is 10.1 Å². The Morgan fingerprint density at radius 1 is 1.19 bits per heavy atom. The number of nitrogens with zero attached hydrogens (tertiary/aromatic N) is 1. The second kappa shape index (κ2) is 7.20. The number of hydrogen-bond donors (Lipinski definition) is 1. The number of rotatable bonds is 6. The first-order valence-corrected chi connectivity index (χ1v) is 7.13. The molecule has 0 aliphatic rings. The van der Waals surface area contributed by atoms with Crippen LogP contribution in [0.2, 0.25) is 5.02 Å². The van der Waals surface area contributed by atoms with Crippen molar-refractivity contribution >= 4 is 17.3 Å².